The molecule has 48 heavy (non-hydrogen) atoms. The summed E-state index contributed by atoms with van der Waals surface area (Å²) in [6.45, 7) is 25.2. The molecule has 0 aliphatic heterocycles. The maximum atomic E-state index is 10.9. The van der Waals surface area contributed by atoms with Crippen molar-refractivity contribution in [1.82, 2.24) is 0 Å². The number of carboxylic acids is 4. The lowest BCUT2D eigenvalue weighted by atomic mass is 9.83. The summed E-state index contributed by atoms with van der Waals surface area (Å²) < 4.78 is 0. The second-order valence-electron chi connectivity index (χ2n) is 17.3. The van der Waals surface area contributed by atoms with Crippen LogP contribution in [0.3, 0.4) is 0 Å². The van der Waals surface area contributed by atoms with Crippen molar-refractivity contribution < 1.29 is 39.6 Å². The normalized spacial score (nSPS) is 35.8. The highest BCUT2D eigenvalue weighted by molar-refractivity contribution is 5.72. The van der Waals surface area contributed by atoms with Crippen LogP contribution < -0.4 is 0 Å². The lowest BCUT2D eigenvalue weighted by Crippen LogP contribution is -2.26. The Labute approximate surface area is 292 Å². The lowest BCUT2D eigenvalue weighted by Gasteiger charge is -2.21. The van der Waals surface area contributed by atoms with E-state index >= 15 is 0 Å². The van der Waals surface area contributed by atoms with Crippen LogP contribution >= 0.6 is 0 Å². The molecule has 4 aliphatic carbocycles. The van der Waals surface area contributed by atoms with E-state index in [1.54, 1.807) is 0 Å². The van der Waals surface area contributed by atoms with Crippen molar-refractivity contribution in [2.24, 2.45) is 94.7 Å². The van der Waals surface area contributed by atoms with Gasteiger partial charge in [0.2, 0.25) is 0 Å². The van der Waals surface area contributed by atoms with Gasteiger partial charge in [-0.1, -0.05) is 83.1 Å². The molecule has 0 amide bonds. The average Bonchev–Trinajstić information content (AvgIpc) is 3.74. The molecule has 0 spiro atoms. The molecule has 0 aromatic heterocycles. The van der Waals surface area contributed by atoms with Gasteiger partial charge in [0.25, 0.3) is 0 Å². The van der Waals surface area contributed by atoms with Crippen LogP contribution in [0.4, 0.5) is 0 Å². The fraction of sp³-hybridized carbons (Fsp3) is 0.900. The Bertz CT molecular complexity index is 859. The van der Waals surface area contributed by atoms with E-state index in [2.05, 4.69) is 83.1 Å². The van der Waals surface area contributed by atoms with Gasteiger partial charge in [0, 0.05) is 0 Å². The van der Waals surface area contributed by atoms with Gasteiger partial charge < -0.3 is 20.4 Å². The van der Waals surface area contributed by atoms with Crippen molar-refractivity contribution in [3.05, 3.63) is 0 Å². The zero-order valence-electron chi connectivity index (χ0n) is 32.3. The van der Waals surface area contributed by atoms with E-state index < -0.39 is 23.9 Å². The van der Waals surface area contributed by atoms with Gasteiger partial charge in [0.15, 0.2) is 0 Å². The van der Waals surface area contributed by atoms with Crippen molar-refractivity contribution in [3.63, 3.8) is 0 Å². The quantitative estimate of drug-likeness (QED) is 0.198. The molecule has 4 fully saturated rings. The van der Waals surface area contributed by atoms with Crippen LogP contribution in [0.15, 0.2) is 0 Å². The summed E-state index contributed by atoms with van der Waals surface area (Å²) in [4.78, 5) is 43.7. The molecule has 0 aromatic rings. The minimum Gasteiger partial charge on any atom is -0.481 e. The second kappa shape index (κ2) is 19.9. The molecule has 8 nitrogen and oxygen atoms in total. The topological polar surface area (TPSA) is 149 Å². The molecule has 0 aromatic carbocycles. The fourth-order valence-corrected chi connectivity index (χ4v) is 9.64. The van der Waals surface area contributed by atoms with Gasteiger partial charge in [-0.05, 0) is 122 Å². The van der Waals surface area contributed by atoms with E-state index in [1.807, 2.05) is 0 Å². The highest BCUT2D eigenvalue weighted by Gasteiger charge is 2.42. The second-order valence-corrected chi connectivity index (χ2v) is 17.3. The fourth-order valence-electron chi connectivity index (χ4n) is 9.64. The average molecular weight is 681 g/mol. The first-order chi connectivity index (χ1) is 22.1. The first-order valence-electron chi connectivity index (χ1n) is 19.1. The Morgan fingerprint density at radius 3 is 0.583 bits per heavy atom. The molecule has 4 saturated carbocycles. The summed E-state index contributed by atoms with van der Waals surface area (Å²) in [5.41, 5.74) is 0. The molecule has 0 saturated heterocycles. The van der Waals surface area contributed by atoms with Crippen molar-refractivity contribution in [3.8, 4) is 0 Å². The highest BCUT2D eigenvalue weighted by atomic mass is 16.4. The predicted molar refractivity (Wildman–Crippen MR) is 191 cm³/mol. The Morgan fingerprint density at radius 1 is 0.354 bits per heavy atom. The summed E-state index contributed by atoms with van der Waals surface area (Å²) in [6.07, 6.45) is 8.70. The first kappa shape index (κ1) is 43.9. The standard InChI is InChI=1S/4C10H18O2/c4*1-6(2)8-5-4-7(3)9(8)10(11)12/h4*6-9H,4-5H2,1-3H3,(H,11,12)/t7-,8+,9+;7-,8+,9-;7-,8-,9+;7-,8-,9-/m0000/s1. The molecule has 4 rings (SSSR count). The minimum atomic E-state index is -0.598. The van der Waals surface area contributed by atoms with Gasteiger partial charge in [-0.15, -0.1) is 0 Å². The Morgan fingerprint density at radius 2 is 0.500 bits per heavy atom. The van der Waals surface area contributed by atoms with Gasteiger partial charge in [-0.3, -0.25) is 19.2 Å². The summed E-state index contributed by atoms with van der Waals surface area (Å²) >= 11 is 0. The zero-order valence-corrected chi connectivity index (χ0v) is 32.3. The van der Waals surface area contributed by atoms with E-state index in [1.165, 1.54) is 0 Å². The van der Waals surface area contributed by atoms with Gasteiger partial charge in [-0.2, -0.15) is 0 Å². The SMILES string of the molecule is CC(C)[C@@H]1CC[C@H](C)[C@@H]1C(=O)O.CC(C)[C@@H]1CC[C@H](C)[C@H]1C(=O)O.CC(C)[C@H]1CC[C@H](C)[C@@H]1C(=O)O.CC(C)[C@H]1CC[C@H](C)[C@H]1C(=O)O. The summed E-state index contributed by atoms with van der Waals surface area (Å²) in [5, 5.41) is 36.0. The van der Waals surface area contributed by atoms with E-state index in [-0.39, 0.29) is 23.7 Å². The van der Waals surface area contributed by atoms with E-state index in [0.29, 0.717) is 71.0 Å². The predicted octanol–water partition coefficient (Wildman–Crippen LogP) is 9.56. The van der Waals surface area contributed by atoms with Crippen LogP contribution in [0.25, 0.3) is 0 Å². The van der Waals surface area contributed by atoms with Crippen molar-refractivity contribution >= 4 is 23.9 Å². The van der Waals surface area contributed by atoms with E-state index in [9.17, 15) is 19.2 Å². The van der Waals surface area contributed by atoms with Crippen LogP contribution in [0, 0.1) is 94.7 Å². The van der Waals surface area contributed by atoms with Crippen LogP contribution in [0.5, 0.6) is 0 Å². The number of carboxylic acid groups (broad SMARTS) is 4. The van der Waals surface area contributed by atoms with E-state index in [4.69, 9.17) is 20.4 Å². The van der Waals surface area contributed by atoms with Crippen LogP contribution in [-0.4, -0.2) is 44.3 Å². The van der Waals surface area contributed by atoms with Crippen molar-refractivity contribution in [2.45, 2.75) is 134 Å². The Balaban J connectivity index is 0.000000320. The van der Waals surface area contributed by atoms with Gasteiger partial charge in [0.1, 0.15) is 0 Å². The number of hydrogen-bond donors (Lipinski definition) is 4. The Hall–Kier alpha value is -2.12. The van der Waals surface area contributed by atoms with Gasteiger partial charge >= 0.3 is 23.9 Å². The third-order valence-electron chi connectivity index (χ3n) is 12.7. The van der Waals surface area contributed by atoms with Gasteiger partial charge in [-0.25, -0.2) is 0 Å². The maximum Gasteiger partial charge on any atom is 0.307 e. The number of carbonyl (C=O) groups is 4. The van der Waals surface area contributed by atoms with Gasteiger partial charge in [0.05, 0.1) is 23.7 Å². The number of aliphatic carboxylic acids is 4. The molecule has 0 bridgehead atoms. The van der Waals surface area contributed by atoms with Crippen LogP contribution in [0.2, 0.25) is 0 Å². The molecule has 280 valence electrons. The van der Waals surface area contributed by atoms with E-state index in [0.717, 1.165) is 51.4 Å². The molecular weight excluding hydrogens is 608 g/mol. The molecule has 0 radical (unpaired) electrons. The van der Waals surface area contributed by atoms with Crippen molar-refractivity contribution in [1.29, 1.82) is 0 Å². The molecule has 0 unspecified atom stereocenters. The third-order valence-corrected chi connectivity index (χ3v) is 12.7. The lowest BCUT2D eigenvalue weighted by molar-refractivity contribution is -0.145. The summed E-state index contributed by atoms with van der Waals surface area (Å²) in [6, 6.07) is 0. The molecule has 8 heteroatoms. The first-order valence-corrected chi connectivity index (χ1v) is 19.1. The highest BCUT2D eigenvalue weighted by Crippen LogP contribution is 2.43. The zero-order chi connectivity index (χ0) is 37.2. The maximum absolute atomic E-state index is 10.9. The van der Waals surface area contributed by atoms with Crippen LogP contribution in [0.1, 0.15) is 134 Å². The monoisotopic (exact) mass is 681 g/mol. The largest absolute Gasteiger partial charge is 0.481 e. The molecule has 4 aliphatic rings. The summed E-state index contributed by atoms with van der Waals surface area (Å²) in [5.74, 6) is 2.36. The molecule has 12 atom stereocenters. The Kier molecular flexibility index (Phi) is 18.2. The smallest absolute Gasteiger partial charge is 0.307 e. The van der Waals surface area contributed by atoms with Crippen LogP contribution in [-0.2, 0) is 19.2 Å². The minimum absolute atomic E-state index is 0.0926. The number of hydrogen-bond acceptors (Lipinski definition) is 4. The molecular formula is C40H72O8. The molecule has 0 heterocycles. The third kappa shape index (κ3) is 12.0. The molecule has 4 N–H and O–H groups in total. The summed E-state index contributed by atoms with van der Waals surface area (Å²) in [7, 11) is 0. The van der Waals surface area contributed by atoms with Crippen molar-refractivity contribution in [2.75, 3.05) is 0 Å². The number of rotatable bonds is 8.